The molecule has 1 atom stereocenters. The summed E-state index contributed by atoms with van der Waals surface area (Å²) in [5, 5.41) is 2.21. The Labute approximate surface area is 90.5 Å². The lowest BCUT2D eigenvalue weighted by Gasteiger charge is -2.30. The maximum atomic E-state index is 5.62. The number of aryl methyl sites for hydroxylation is 1. The number of hydrazine groups is 1. The third kappa shape index (κ3) is 2.16. The van der Waals surface area contributed by atoms with Crippen LogP contribution in [0.25, 0.3) is 0 Å². The van der Waals surface area contributed by atoms with E-state index in [1.54, 1.807) is 11.3 Å². The second-order valence-electron chi connectivity index (χ2n) is 4.84. The van der Waals surface area contributed by atoms with E-state index in [1.807, 2.05) is 0 Å². The number of hydrogen-bond donors (Lipinski definition) is 2. The molecule has 14 heavy (non-hydrogen) atoms. The molecule has 0 aliphatic rings. The van der Waals surface area contributed by atoms with Crippen LogP contribution in [0.4, 0.5) is 0 Å². The summed E-state index contributed by atoms with van der Waals surface area (Å²) in [6.45, 7) is 10.9. The minimum absolute atomic E-state index is 0.146. The van der Waals surface area contributed by atoms with Crippen molar-refractivity contribution in [3.8, 4) is 0 Å². The average Bonchev–Trinajstić information content (AvgIpc) is 2.35. The fraction of sp³-hybridized carbons (Fsp3) is 0.636. The molecule has 80 valence electrons. The van der Waals surface area contributed by atoms with Crippen LogP contribution in [-0.2, 0) is 0 Å². The van der Waals surface area contributed by atoms with Gasteiger partial charge in [-0.1, -0.05) is 20.8 Å². The van der Waals surface area contributed by atoms with Crippen molar-refractivity contribution >= 4 is 11.3 Å². The molecule has 0 bridgehead atoms. The van der Waals surface area contributed by atoms with Gasteiger partial charge in [-0.25, -0.2) is 0 Å². The van der Waals surface area contributed by atoms with Gasteiger partial charge < -0.3 is 0 Å². The van der Waals surface area contributed by atoms with Gasteiger partial charge in [-0.15, -0.1) is 11.3 Å². The fourth-order valence-electron chi connectivity index (χ4n) is 1.62. The third-order valence-electron chi connectivity index (χ3n) is 2.67. The van der Waals surface area contributed by atoms with Crippen LogP contribution in [-0.4, -0.2) is 0 Å². The molecule has 1 rings (SSSR count). The lowest BCUT2D eigenvalue weighted by atomic mass is 9.82. The zero-order valence-electron chi connectivity index (χ0n) is 9.64. The van der Waals surface area contributed by atoms with Crippen molar-refractivity contribution in [2.24, 2.45) is 11.3 Å². The van der Waals surface area contributed by atoms with Gasteiger partial charge in [0.2, 0.25) is 0 Å². The van der Waals surface area contributed by atoms with E-state index in [2.05, 4.69) is 45.4 Å². The van der Waals surface area contributed by atoms with Crippen molar-refractivity contribution in [1.82, 2.24) is 5.43 Å². The average molecular weight is 212 g/mol. The molecule has 1 unspecified atom stereocenters. The first-order chi connectivity index (χ1) is 6.38. The van der Waals surface area contributed by atoms with E-state index < -0.39 is 0 Å². The SMILES string of the molecule is Cc1scc(C(NN)C(C)(C)C)c1C. The molecule has 0 saturated carbocycles. The van der Waals surface area contributed by atoms with Crippen LogP contribution in [0.1, 0.15) is 42.8 Å². The van der Waals surface area contributed by atoms with Gasteiger partial charge in [-0.3, -0.25) is 11.3 Å². The van der Waals surface area contributed by atoms with E-state index in [4.69, 9.17) is 5.84 Å². The summed E-state index contributed by atoms with van der Waals surface area (Å²) in [4.78, 5) is 1.38. The number of nitrogens with two attached hydrogens (primary N) is 1. The fourth-order valence-corrected chi connectivity index (χ4v) is 2.53. The van der Waals surface area contributed by atoms with E-state index >= 15 is 0 Å². The Balaban J connectivity index is 3.08. The van der Waals surface area contributed by atoms with Crippen molar-refractivity contribution < 1.29 is 0 Å². The molecule has 0 fully saturated rings. The van der Waals surface area contributed by atoms with Gasteiger partial charge in [-0.05, 0) is 35.8 Å². The summed E-state index contributed by atoms with van der Waals surface area (Å²) in [7, 11) is 0. The minimum Gasteiger partial charge on any atom is -0.271 e. The minimum atomic E-state index is 0.146. The van der Waals surface area contributed by atoms with Crippen molar-refractivity contribution in [1.29, 1.82) is 0 Å². The number of hydrogen-bond acceptors (Lipinski definition) is 3. The van der Waals surface area contributed by atoms with Crippen LogP contribution in [0, 0.1) is 19.3 Å². The van der Waals surface area contributed by atoms with Gasteiger partial charge in [0.1, 0.15) is 0 Å². The quantitative estimate of drug-likeness (QED) is 0.584. The van der Waals surface area contributed by atoms with E-state index in [0.717, 1.165) is 0 Å². The molecular weight excluding hydrogens is 192 g/mol. The Morgan fingerprint density at radius 1 is 1.36 bits per heavy atom. The molecule has 0 radical (unpaired) electrons. The molecule has 3 heteroatoms. The second-order valence-corrected chi connectivity index (χ2v) is 5.92. The summed E-state index contributed by atoms with van der Waals surface area (Å²) >= 11 is 1.80. The molecule has 0 amide bonds. The molecule has 1 aromatic rings. The highest BCUT2D eigenvalue weighted by molar-refractivity contribution is 7.10. The summed E-state index contributed by atoms with van der Waals surface area (Å²) in [6.07, 6.45) is 0. The Morgan fingerprint density at radius 2 is 1.93 bits per heavy atom. The molecule has 0 saturated heterocycles. The highest BCUT2D eigenvalue weighted by Crippen LogP contribution is 2.36. The molecular formula is C11H20N2S. The predicted octanol–water partition coefficient (Wildman–Crippen LogP) is 2.92. The lowest BCUT2D eigenvalue weighted by Crippen LogP contribution is -2.37. The van der Waals surface area contributed by atoms with Crippen LogP contribution < -0.4 is 11.3 Å². The van der Waals surface area contributed by atoms with Crippen molar-refractivity contribution in [3.63, 3.8) is 0 Å². The van der Waals surface area contributed by atoms with Gasteiger partial charge in [0.05, 0.1) is 6.04 Å². The van der Waals surface area contributed by atoms with Crippen molar-refractivity contribution in [2.45, 2.75) is 40.7 Å². The Kier molecular flexibility index (Phi) is 3.35. The van der Waals surface area contributed by atoms with Gasteiger partial charge in [-0.2, -0.15) is 0 Å². The van der Waals surface area contributed by atoms with E-state index in [1.165, 1.54) is 16.0 Å². The molecule has 1 aromatic heterocycles. The normalized spacial score (nSPS) is 14.4. The second kappa shape index (κ2) is 4.01. The molecule has 1 heterocycles. The first-order valence-corrected chi connectivity index (χ1v) is 5.76. The maximum absolute atomic E-state index is 5.62. The molecule has 0 aliphatic carbocycles. The predicted molar refractivity (Wildman–Crippen MR) is 63.3 cm³/mol. The summed E-state index contributed by atoms with van der Waals surface area (Å²) in [5.41, 5.74) is 5.77. The third-order valence-corrected chi connectivity index (χ3v) is 3.70. The zero-order valence-corrected chi connectivity index (χ0v) is 10.5. The Morgan fingerprint density at radius 3 is 2.21 bits per heavy atom. The lowest BCUT2D eigenvalue weighted by molar-refractivity contribution is 0.275. The molecule has 0 aliphatic heterocycles. The smallest absolute Gasteiger partial charge is 0.0519 e. The Bertz CT molecular complexity index is 310. The van der Waals surface area contributed by atoms with Gasteiger partial charge >= 0.3 is 0 Å². The largest absolute Gasteiger partial charge is 0.271 e. The summed E-state index contributed by atoms with van der Waals surface area (Å²) < 4.78 is 0. The van der Waals surface area contributed by atoms with Gasteiger partial charge in [0.15, 0.2) is 0 Å². The van der Waals surface area contributed by atoms with Crippen LogP contribution in [0.15, 0.2) is 5.38 Å². The standard InChI is InChI=1S/C11H20N2S/c1-7-8(2)14-6-9(7)10(13-12)11(3,4)5/h6,10,13H,12H2,1-5H3. The first-order valence-electron chi connectivity index (χ1n) is 4.88. The van der Waals surface area contributed by atoms with Crippen LogP contribution in [0.5, 0.6) is 0 Å². The number of thiophene rings is 1. The monoisotopic (exact) mass is 212 g/mol. The molecule has 0 spiro atoms. The van der Waals surface area contributed by atoms with Crippen molar-refractivity contribution in [2.75, 3.05) is 0 Å². The summed E-state index contributed by atoms with van der Waals surface area (Å²) in [5.74, 6) is 5.62. The highest BCUT2D eigenvalue weighted by Gasteiger charge is 2.27. The van der Waals surface area contributed by atoms with Gasteiger partial charge in [0, 0.05) is 4.88 Å². The first kappa shape index (κ1) is 11.7. The number of rotatable bonds is 2. The van der Waals surface area contributed by atoms with E-state index in [-0.39, 0.29) is 11.5 Å². The topological polar surface area (TPSA) is 38.0 Å². The molecule has 0 aromatic carbocycles. The molecule has 2 nitrogen and oxygen atoms in total. The maximum Gasteiger partial charge on any atom is 0.0519 e. The van der Waals surface area contributed by atoms with Gasteiger partial charge in [0.25, 0.3) is 0 Å². The zero-order chi connectivity index (χ0) is 10.9. The van der Waals surface area contributed by atoms with Crippen LogP contribution >= 0.6 is 11.3 Å². The van der Waals surface area contributed by atoms with Crippen LogP contribution in [0.2, 0.25) is 0 Å². The van der Waals surface area contributed by atoms with Crippen LogP contribution in [0.3, 0.4) is 0 Å². The van der Waals surface area contributed by atoms with E-state index in [0.29, 0.717) is 0 Å². The Hall–Kier alpha value is -0.380. The highest BCUT2D eigenvalue weighted by atomic mass is 32.1. The number of nitrogens with one attached hydrogen (secondary N) is 1. The summed E-state index contributed by atoms with van der Waals surface area (Å²) in [6, 6.07) is 0.229. The van der Waals surface area contributed by atoms with Crippen molar-refractivity contribution in [3.05, 3.63) is 21.4 Å². The van der Waals surface area contributed by atoms with E-state index in [9.17, 15) is 0 Å². The molecule has 3 N–H and O–H groups in total.